The van der Waals surface area contributed by atoms with Gasteiger partial charge in [0.15, 0.2) is 11.0 Å². The molecule has 0 fully saturated rings. The third kappa shape index (κ3) is 6.62. The molecule has 0 radical (unpaired) electrons. The highest BCUT2D eigenvalue weighted by atomic mass is 32.2. The number of fused-ring (bicyclic) bond motifs is 1. The number of thioether (sulfide) groups is 1. The minimum Gasteiger partial charge on any atom is -0.489 e. The number of para-hydroxylation sites is 1. The van der Waals surface area contributed by atoms with Gasteiger partial charge in [-0.05, 0) is 53.4 Å². The zero-order chi connectivity index (χ0) is 28.6. The van der Waals surface area contributed by atoms with Crippen molar-refractivity contribution < 1.29 is 14.3 Å². The molecule has 0 bridgehead atoms. The van der Waals surface area contributed by atoms with Crippen LogP contribution < -0.4 is 14.8 Å². The smallest absolute Gasteiger partial charge is 0.234 e. The number of carbonyl (C=O) groups excluding carboxylic acids is 1. The van der Waals surface area contributed by atoms with Crippen LogP contribution in [0.2, 0.25) is 0 Å². The first-order chi connectivity index (χ1) is 20.7. The first kappa shape index (κ1) is 27.1. The van der Waals surface area contributed by atoms with Crippen LogP contribution in [0.5, 0.6) is 11.5 Å². The summed E-state index contributed by atoms with van der Waals surface area (Å²) in [6.07, 6.45) is 0. The van der Waals surface area contributed by atoms with Crippen LogP contribution in [0, 0.1) is 0 Å². The van der Waals surface area contributed by atoms with Crippen LogP contribution in [-0.4, -0.2) is 26.4 Å². The van der Waals surface area contributed by atoms with Crippen molar-refractivity contribution in [1.82, 2.24) is 14.8 Å². The van der Waals surface area contributed by atoms with Crippen molar-refractivity contribution in [3.05, 3.63) is 139 Å². The number of nitrogens with one attached hydrogen (secondary N) is 1. The molecule has 0 aliphatic rings. The van der Waals surface area contributed by atoms with E-state index < -0.39 is 0 Å². The molecular formula is C34H28N4O3S. The van der Waals surface area contributed by atoms with Crippen LogP contribution in [0.3, 0.4) is 0 Å². The first-order valence-corrected chi connectivity index (χ1v) is 14.5. The molecule has 1 aromatic heterocycles. The molecular weight excluding hydrogens is 544 g/mol. The number of aromatic nitrogens is 3. The number of carbonyl (C=O) groups is 1. The summed E-state index contributed by atoms with van der Waals surface area (Å²) in [4.78, 5) is 12.8. The topological polar surface area (TPSA) is 78.3 Å². The van der Waals surface area contributed by atoms with E-state index in [2.05, 4.69) is 27.6 Å². The Morgan fingerprint density at radius 1 is 0.714 bits per heavy atom. The van der Waals surface area contributed by atoms with E-state index in [1.807, 2.05) is 120 Å². The number of rotatable bonds is 11. The Bertz CT molecular complexity index is 1770. The Hall–Kier alpha value is -5.08. The van der Waals surface area contributed by atoms with Gasteiger partial charge in [0.2, 0.25) is 5.91 Å². The predicted molar refractivity (Wildman–Crippen MR) is 166 cm³/mol. The van der Waals surface area contributed by atoms with Gasteiger partial charge in [-0.25, -0.2) is 0 Å². The zero-order valence-corrected chi connectivity index (χ0v) is 23.5. The molecule has 1 amide bonds. The van der Waals surface area contributed by atoms with Crippen LogP contribution in [0.4, 0.5) is 5.69 Å². The summed E-state index contributed by atoms with van der Waals surface area (Å²) >= 11 is 1.32. The molecule has 0 atom stereocenters. The number of anilines is 1. The molecule has 0 unspecified atom stereocenters. The Balaban J connectivity index is 1.10. The molecule has 8 heteroatoms. The van der Waals surface area contributed by atoms with Crippen molar-refractivity contribution in [2.45, 2.75) is 18.4 Å². The Kier molecular flexibility index (Phi) is 8.43. The lowest BCUT2D eigenvalue weighted by molar-refractivity contribution is -0.113. The van der Waals surface area contributed by atoms with Gasteiger partial charge >= 0.3 is 0 Å². The second-order valence-corrected chi connectivity index (χ2v) is 10.4. The van der Waals surface area contributed by atoms with Crippen molar-refractivity contribution in [1.29, 1.82) is 0 Å². The highest BCUT2D eigenvalue weighted by Gasteiger charge is 2.17. The van der Waals surface area contributed by atoms with Gasteiger partial charge in [0.1, 0.15) is 24.7 Å². The number of amides is 1. The fraction of sp³-hybridized carbons (Fsp3) is 0.0882. The number of hydrogen-bond acceptors (Lipinski definition) is 6. The molecule has 5 aromatic carbocycles. The molecule has 0 aliphatic carbocycles. The van der Waals surface area contributed by atoms with Gasteiger partial charge in [-0.3, -0.25) is 9.36 Å². The number of nitrogens with zero attached hydrogens (tertiary/aromatic N) is 3. The third-order valence-corrected chi connectivity index (χ3v) is 7.47. The SMILES string of the molecule is O=C(CSc1nnc(COc2cccc3ccccc23)n1-c1ccccc1)Nc1ccc(OCc2ccccc2)cc1. The van der Waals surface area contributed by atoms with E-state index in [1.165, 1.54) is 11.8 Å². The second kappa shape index (κ2) is 13.1. The summed E-state index contributed by atoms with van der Waals surface area (Å²) in [5.74, 6) is 2.18. The standard InChI is InChI=1S/C34H28N4O3S/c39-33(35-27-18-20-29(21-19-27)40-22-25-10-3-1-4-11-25)24-42-34-37-36-32(38(34)28-14-5-2-6-15-28)23-41-31-17-9-13-26-12-7-8-16-30(26)31/h1-21H,22-24H2,(H,35,39). The molecule has 208 valence electrons. The van der Waals surface area contributed by atoms with Crippen molar-refractivity contribution in [3.8, 4) is 17.2 Å². The lowest BCUT2D eigenvalue weighted by atomic mass is 10.1. The Morgan fingerprint density at radius 2 is 1.43 bits per heavy atom. The van der Waals surface area contributed by atoms with E-state index in [1.54, 1.807) is 0 Å². The lowest BCUT2D eigenvalue weighted by Gasteiger charge is -2.12. The van der Waals surface area contributed by atoms with Gasteiger partial charge in [0, 0.05) is 16.8 Å². The number of hydrogen-bond donors (Lipinski definition) is 1. The van der Waals surface area contributed by atoms with E-state index >= 15 is 0 Å². The van der Waals surface area contributed by atoms with Gasteiger partial charge in [0.05, 0.1) is 5.75 Å². The van der Waals surface area contributed by atoms with E-state index in [-0.39, 0.29) is 18.3 Å². The fourth-order valence-electron chi connectivity index (χ4n) is 4.49. The van der Waals surface area contributed by atoms with E-state index in [4.69, 9.17) is 9.47 Å². The summed E-state index contributed by atoms with van der Waals surface area (Å²) in [5.41, 5.74) is 2.69. The summed E-state index contributed by atoms with van der Waals surface area (Å²) in [5, 5.41) is 14.5. The highest BCUT2D eigenvalue weighted by molar-refractivity contribution is 7.99. The first-order valence-electron chi connectivity index (χ1n) is 13.5. The molecule has 42 heavy (non-hydrogen) atoms. The van der Waals surface area contributed by atoms with Crippen LogP contribution in [-0.2, 0) is 18.0 Å². The van der Waals surface area contributed by atoms with Gasteiger partial charge in [-0.1, -0.05) is 96.7 Å². The largest absolute Gasteiger partial charge is 0.489 e. The van der Waals surface area contributed by atoms with Crippen LogP contribution in [0.1, 0.15) is 11.4 Å². The number of ether oxygens (including phenoxy) is 2. The predicted octanol–water partition coefficient (Wildman–Crippen LogP) is 7.31. The van der Waals surface area contributed by atoms with Crippen LogP contribution >= 0.6 is 11.8 Å². The van der Waals surface area contributed by atoms with Crippen molar-refractivity contribution in [2.75, 3.05) is 11.1 Å². The monoisotopic (exact) mass is 572 g/mol. The minimum absolute atomic E-state index is 0.144. The van der Waals surface area contributed by atoms with Gasteiger partial charge in [-0.15, -0.1) is 10.2 Å². The zero-order valence-electron chi connectivity index (χ0n) is 22.7. The van der Waals surface area contributed by atoms with E-state index in [9.17, 15) is 4.79 Å². The average Bonchev–Trinajstić information content (AvgIpc) is 3.46. The fourth-order valence-corrected chi connectivity index (χ4v) is 5.26. The highest BCUT2D eigenvalue weighted by Crippen LogP contribution is 2.28. The maximum Gasteiger partial charge on any atom is 0.234 e. The Morgan fingerprint density at radius 3 is 2.24 bits per heavy atom. The van der Waals surface area contributed by atoms with Crippen molar-refractivity contribution >= 4 is 34.1 Å². The second-order valence-electron chi connectivity index (χ2n) is 9.47. The van der Waals surface area contributed by atoms with Gasteiger partial charge in [0.25, 0.3) is 0 Å². The summed E-state index contributed by atoms with van der Waals surface area (Å²) in [6.45, 7) is 0.710. The van der Waals surface area contributed by atoms with Crippen LogP contribution in [0.15, 0.2) is 133 Å². The molecule has 0 spiro atoms. The molecule has 6 rings (SSSR count). The third-order valence-electron chi connectivity index (χ3n) is 6.54. The maximum absolute atomic E-state index is 12.8. The summed E-state index contributed by atoms with van der Waals surface area (Å²) < 4.78 is 14.0. The molecule has 0 saturated carbocycles. The molecule has 0 aliphatic heterocycles. The minimum atomic E-state index is -0.144. The van der Waals surface area contributed by atoms with E-state index in [0.29, 0.717) is 23.3 Å². The molecule has 0 saturated heterocycles. The maximum atomic E-state index is 12.8. The molecule has 6 aromatic rings. The lowest BCUT2D eigenvalue weighted by Crippen LogP contribution is -2.14. The van der Waals surface area contributed by atoms with Crippen LogP contribution in [0.25, 0.3) is 16.5 Å². The summed E-state index contributed by atoms with van der Waals surface area (Å²) in [7, 11) is 0. The quantitative estimate of drug-likeness (QED) is 0.164. The number of benzene rings is 5. The average molecular weight is 573 g/mol. The molecule has 1 N–H and O–H groups in total. The molecule has 7 nitrogen and oxygen atoms in total. The normalized spacial score (nSPS) is 10.9. The molecule has 1 heterocycles. The van der Waals surface area contributed by atoms with Gasteiger partial charge in [-0.2, -0.15) is 0 Å². The van der Waals surface area contributed by atoms with Crippen molar-refractivity contribution in [3.63, 3.8) is 0 Å². The Labute approximate surface area is 248 Å². The van der Waals surface area contributed by atoms with Crippen molar-refractivity contribution in [2.24, 2.45) is 0 Å². The van der Waals surface area contributed by atoms with Gasteiger partial charge < -0.3 is 14.8 Å². The van der Waals surface area contributed by atoms with E-state index in [0.717, 1.165) is 33.5 Å². The summed E-state index contributed by atoms with van der Waals surface area (Å²) in [6, 6.07) is 41.3.